The number of hydrogen-bond acceptors (Lipinski definition) is 3. The molecule has 0 aromatic rings. The number of hydrogen-bond donors (Lipinski definition) is 0. The topological polar surface area (TPSA) is 27.7 Å². The van der Waals surface area contributed by atoms with E-state index in [1.54, 1.807) is 21.3 Å². The van der Waals surface area contributed by atoms with Gasteiger partial charge in [-0.05, 0) is 19.3 Å². The maximum atomic E-state index is 5.54. The predicted octanol–water partition coefficient (Wildman–Crippen LogP) is 4.24. The van der Waals surface area contributed by atoms with E-state index in [9.17, 15) is 0 Å². The van der Waals surface area contributed by atoms with Gasteiger partial charge in [-0.15, -0.1) is 0 Å². The molecule has 0 spiro atoms. The first-order valence-electron chi connectivity index (χ1n) is 11.4. The number of halogens is 1. The van der Waals surface area contributed by atoms with Crippen LogP contribution in [0.1, 0.15) is 90.4 Å². The summed E-state index contributed by atoms with van der Waals surface area (Å²) in [5.41, 5.74) is 0. The maximum absolute atomic E-state index is 5.54. The fourth-order valence-electron chi connectivity index (χ4n) is 3.77. The SMILES string of the molecule is CCCCCCCCCCCCCC[P+](C)(C)CCC[Si](OC)(OC)OC.[Cl-]. The van der Waals surface area contributed by atoms with Crippen LogP contribution in [0.5, 0.6) is 0 Å². The van der Waals surface area contributed by atoms with Gasteiger partial charge in [-0.25, -0.2) is 0 Å². The van der Waals surface area contributed by atoms with Crippen molar-refractivity contribution in [3.63, 3.8) is 0 Å². The van der Waals surface area contributed by atoms with Crippen molar-refractivity contribution < 1.29 is 25.7 Å². The van der Waals surface area contributed by atoms with Crippen molar-refractivity contribution in [1.29, 1.82) is 0 Å². The van der Waals surface area contributed by atoms with Crippen LogP contribution >= 0.6 is 7.26 Å². The van der Waals surface area contributed by atoms with Crippen molar-refractivity contribution in [2.75, 3.05) is 47.0 Å². The molecule has 0 aromatic carbocycles. The summed E-state index contributed by atoms with van der Waals surface area (Å²) >= 11 is 0. The Labute approximate surface area is 185 Å². The third-order valence-corrected chi connectivity index (χ3v) is 11.7. The molecule has 0 aliphatic heterocycles. The molecule has 3 nitrogen and oxygen atoms in total. The third kappa shape index (κ3) is 16.6. The first kappa shape index (κ1) is 31.0. The Balaban J connectivity index is 0. The van der Waals surface area contributed by atoms with E-state index in [4.69, 9.17) is 13.3 Å². The van der Waals surface area contributed by atoms with Crippen molar-refractivity contribution in [2.24, 2.45) is 0 Å². The molecule has 28 heavy (non-hydrogen) atoms. The molecule has 0 aliphatic rings. The molecular weight excluding hydrogens is 407 g/mol. The zero-order valence-corrected chi connectivity index (χ0v) is 22.5. The molecule has 0 saturated carbocycles. The van der Waals surface area contributed by atoms with E-state index in [0.717, 1.165) is 6.04 Å². The Hall–Kier alpha value is 0.817. The molecule has 0 unspecified atom stereocenters. The van der Waals surface area contributed by atoms with Crippen LogP contribution in [0.25, 0.3) is 0 Å². The molecule has 0 fully saturated rings. The van der Waals surface area contributed by atoms with Crippen LogP contribution < -0.4 is 12.4 Å². The molecule has 0 amide bonds. The average Bonchev–Trinajstić information content (AvgIpc) is 2.66. The summed E-state index contributed by atoms with van der Waals surface area (Å²) in [5.74, 6) is 0. The summed E-state index contributed by atoms with van der Waals surface area (Å²) in [6.07, 6.45) is 21.1. The van der Waals surface area contributed by atoms with E-state index in [0.29, 0.717) is 0 Å². The minimum Gasteiger partial charge on any atom is -1.00 e. The quantitative estimate of drug-likeness (QED) is 0.156. The molecule has 0 bridgehead atoms. The Kier molecular flexibility index (Phi) is 21.9. The van der Waals surface area contributed by atoms with Crippen LogP contribution in [0.2, 0.25) is 6.04 Å². The Bertz CT molecular complexity index is 321. The van der Waals surface area contributed by atoms with E-state index in [1.807, 2.05) is 0 Å². The molecule has 0 heterocycles. The fourth-order valence-corrected chi connectivity index (χ4v) is 8.11. The molecule has 0 radical (unpaired) electrons. The normalized spacial score (nSPS) is 12.2. The summed E-state index contributed by atoms with van der Waals surface area (Å²) < 4.78 is 16.6. The standard InChI is InChI=1S/C22H50O3PSi.ClH/c1-7-8-9-10-11-12-13-14-15-16-17-18-20-26(5,6)21-19-22-27(23-2,24-3)25-4;/h7-22H2,1-6H3;1H/q+1;/p-1. The zero-order chi connectivity index (χ0) is 20.4. The summed E-state index contributed by atoms with van der Waals surface area (Å²) in [4.78, 5) is 0. The second-order valence-corrected chi connectivity index (χ2v) is 16.5. The van der Waals surface area contributed by atoms with Crippen molar-refractivity contribution in [1.82, 2.24) is 0 Å². The van der Waals surface area contributed by atoms with Gasteiger partial charge in [-0.1, -0.05) is 71.1 Å². The minimum atomic E-state index is -2.37. The van der Waals surface area contributed by atoms with Gasteiger partial charge in [0.25, 0.3) is 0 Å². The molecule has 0 atom stereocenters. The summed E-state index contributed by atoms with van der Waals surface area (Å²) in [7, 11) is 1.99. The molecule has 0 aromatic heterocycles. The van der Waals surface area contributed by atoms with Crippen LogP contribution in [0, 0.1) is 0 Å². The Morgan fingerprint density at radius 1 is 0.571 bits per heavy atom. The van der Waals surface area contributed by atoms with Crippen LogP contribution in [-0.4, -0.2) is 55.8 Å². The monoisotopic (exact) mass is 456 g/mol. The highest BCUT2D eigenvalue weighted by molar-refractivity contribution is 7.74. The van der Waals surface area contributed by atoms with Crippen molar-refractivity contribution in [3.8, 4) is 0 Å². The number of unbranched alkanes of at least 4 members (excludes halogenated alkanes) is 11. The van der Waals surface area contributed by atoms with Gasteiger partial charge in [0.15, 0.2) is 0 Å². The van der Waals surface area contributed by atoms with E-state index in [2.05, 4.69) is 20.3 Å². The predicted molar refractivity (Wildman–Crippen MR) is 126 cm³/mol. The van der Waals surface area contributed by atoms with Gasteiger partial charge < -0.3 is 25.7 Å². The molecule has 6 heteroatoms. The van der Waals surface area contributed by atoms with Crippen molar-refractivity contribution in [2.45, 2.75) is 96.4 Å². The minimum absolute atomic E-state index is 0. The molecule has 0 rings (SSSR count). The van der Waals surface area contributed by atoms with Gasteiger partial charge in [0.05, 0.1) is 12.3 Å². The summed E-state index contributed by atoms with van der Waals surface area (Å²) in [6, 6.07) is 0.943. The second-order valence-electron chi connectivity index (χ2n) is 8.67. The second kappa shape index (κ2) is 19.8. The average molecular weight is 457 g/mol. The smallest absolute Gasteiger partial charge is 0.500 e. The van der Waals surface area contributed by atoms with Crippen LogP contribution in [0.3, 0.4) is 0 Å². The van der Waals surface area contributed by atoms with Gasteiger partial charge in [0, 0.05) is 48.0 Å². The van der Waals surface area contributed by atoms with Gasteiger partial charge in [0.2, 0.25) is 0 Å². The lowest BCUT2D eigenvalue weighted by molar-refractivity contribution is -0.0000108. The van der Waals surface area contributed by atoms with Gasteiger partial charge >= 0.3 is 8.80 Å². The fraction of sp³-hybridized carbons (Fsp3) is 1.00. The molecule has 172 valence electrons. The first-order valence-corrected chi connectivity index (χ1v) is 16.4. The first-order chi connectivity index (χ1) is 12.9. The van der Waals surface area contributed by atoms with E-state index in [1.165, 1.54) is 95.8 Å². The van der Waals surface area contributed by atoms with Crippen LogP contribution in [0.4, 0.5) is 0 Å². The molecule has 0 saturated heterocycles. The molecule has 0 aliphatic carbocycles. The summed E-state index contributed by atoms with van der Waals surface area (Å²) in [6.45, 7) is 7.32. The van der Waals surface area contributed by atoms with Gasteiger partial charge in [-0.2, -0.15) is 0 Å². The van der Waals surface area contributed by atoms with E-state index < -0.39 is 16.1 Å². The highest BCUT2D eigenvalue weighted by atomic mass is 35.5. The third-order valence-electron chi connectivity index (χ3n) is 5.80. The van der Waals surface area contributed by atoms with Gasteiger partial charge in [0.1, 0.15) is 0 Å². The largest absolute Gasteiger partial charge is 1.00 e. The zero-order valence-electron chi connectivity index (χ0n) is 19.9. The lowest BCUT2D eigenvalue weighted by atomic mass is 10.1. The highest BCUT2D eigenvalue weighted by Crippen LogP contribution is 2.52. The molecule has 0 N–H and O–H groups in total. The van der Waals surface area contributed by atoms with Crippen molar-refractivity contribution >= 4 is 16.1 Å². The maximum Gasteiger partial charge on any atom is 0.500 e. The van der Waals surface area contributed by atoms with Crippen molar-refractivity contribution in [3.05, 3.63) is 0 Å². The van der Waals surface area contributed by atoms with E-state index in [-0.39, 0.29) is 12.4 Å². The lowest BCUT2D eigenvalue weighted by Gasteiger charge is -2.25. The summed E-state index contributed by atoms with van der Waals surface area (Å²) in [5, 5.41) is 0. The Morgan fingerprint density at radius 2 is 0.929 bits per heavy atom. The van der Waals surface area contributed by atoms with Crippen LogP contribution in [0.15, 0.2) is 0 Å². The Morgan fingerprint density at radius 3 is 1.32 bits per heavy atom. The molecular formula is C22H50ClO3PSi. The van der Waals surface area contributed by atoms with Gasteiger partial charge in [-0.3, -0.25) is 0 Å². The lowest BCUT2D eigenvalue weighted by Crippen LogP contribution is -3.00. The number of rotatable bonds is 20. The van der Waals surface area contributed by atoms with E-state index >= 15 is 0 Å². The highest BCUT2D eigenvalue weighted by Gasteiger charge is 2.38. The van der Waals surface area contributed by atoms with Crippen LogP contribution in [-0.2, 0) is 13.3 Å².